The number of fused-ring (bicyclic) bond motifs is 1. The first-order chi connectivity index (χ1) is 16.1. The second kappa shape index (κ2) is 10.3. The Balaban J connectivity index is 1.64. The number of hydrazone groups is 1. The fourth-order valence-corrected chi connectivity index (χ4v) is 4.30. The maximum atomic E-state index is 10.8. The summed E-state index contributed by atoms with van der Waals surface area (Å²) in [5.41, 5.74) is 4.29. The fourth-order valence-electron chi connectivity index (χ4n) is 4.30. The van der Waals surface area contributed by atoms with Gasteiger partial charge in [0.15, 0.2) is 0 Å². The van der Waals surface area contributed by atoms with Gasteiger partial charge in [-0.15, -0.1) is 0 Å². The molecule has 0 fully saturated rings. The van der Waals surface area contributed by atoms with E-state index in [4.69, 9.17) is 14.6 Å². The molecule has 172 valence electrons. The number of ether oxygens (including phenoxy) is 2. The highest BCUT2D eigenvalue weighted by molar-refractivity contribution is 6.06. The number of aliphatic imine (C=N–C) groups is 1. The number of nitrogens with zero attached hydrogens (tertiary/aromatic N) is 3. The van der Waals surface area contributed by atoms with Crippen molar-refractivity contribution < 1.29 is 19.4 Å². The topological polar surface area (TPSA) is 83.7 Å². The molecular weight excluding hydrogens is 418 g/mol. The van der Waals surface area contributed by atoms with Gasteiger partial charge in [-0.1, -0.05) is 42.5 Å². The van der Waals surface area contributed by atoms with E-state index in [-0.39, 0.29) is 18.4 Å². The molecule has 0 amide bonds. The molecule has 1 unspecified atom stereocenters. The van der Waals surface area contributed by atoms with Crippen LogP contribution in [-0.2, 0) is 9.53 Å². The standard InChI is InChI=1S/C26H29N3O4/c1-18(8-6-7-11-23(30)31)33-26-25-24(20-12-14-21(32-2)15-13-20)22(16-29(25)28-17-27-26)19-9-4-3-5-10-19/h3-5,9-10,12-15,17-18,22H,6-8,11,16H2,1-2H3,(H,30,31)/t18-,22?/m1/s1. The number of benzene rings is 2. The summed E-state index contributed by atoms with van der Waals surface area (Å²) in [6, 6.07) is 18.4. The van der Waals surface area contributed by atoms with Crippen molar-refractivity contribution in [1.29, 1.82) is 0 Å². The van der Waals surface area contributed by atoms with Gasteiger partial charge < -0.3 is 14.6 Å². The Kier molecular flexibility index (Phi) is 7.07. The largest absolute Gasteiger partial charge is 0.497 e. The molecule has 4 rings (SSSR count). The Bertz CT molecular complexity index is 1060. The number of aliphatic carboxylic acids is 1. The molecule has 0 saturated heterocycles. The van der Waals surface area contributed by atoms with Crippen LogP contribution in [0.4, 0.5) is 0 Å². The van der Waals surface area contributed by atoms with Crippen molar-refractivity contribution in [2.75, 3.05) is 13.7 Å². The first-order valence-corrected chi connectivity index (χ1v) is 11.3. The smallest absolute Gasteiger partial charge is 0.303 e. The molecule has 0 aliphatic carbocycles. The third kappa shape index (κ3) is 5.25. The second-order valence-electron chi connectivity index (χ2n) is 8.27. The molecule has 0 bridgehead atoms. The van der Waals surface area contributed by atoms with Gasteiger partial charge in [0.1, 0.15) is 17.8 Å². The van der Waals surface area contributed by atoms with Crippen molar-refractivity contribution >= 4 is 23.8 Å². The highest BCUT2D eigenvalue weighted by Crippen LogP contribution is 2.44. The van der Waals surface area contributed by atoms with Crippen LogP contribution in [0.15, 0.2) is 70.4 Å². The third-order valence-corrected chi connectivity index (χ3v) is 5.95. The number of hydrogen-bond acceptors (Lipinski definition) is 6. The van der Waals surface area contributed by atoms with Crippen LogP contribution in [0, 0.1) is 0 Å². The molecule has 0 spiro atoms. The highest BCUT2D eigenvalue weighted by Gasteiger charge is 2.38. The molecule has 0 saturated carbocycles. The fraction of sp³-hybridized carbons (Fsp3) is 0.346. The third-order valence-electron chi connectivity index (χ3n) is 5.95. The maximum Gasteiger partial charge on any atom is 0.303 e. The van der Waals surface area contributed by atoms with Gasteiger partial charge >= 0.3 is 5.97 Å². The van der Waals surface area contributed by atoms with E-state index in [1.54, 1.807) is 7.11 Å². The van der Waals surface area contributed by atoms with Gasteiger partial charge in [0.25, 0.3) is 0 Å². The zero-order valence-electron chi connectivity index (χ0n) is 19.0. The number of methoxy groups -OCH3 is 1. The van der Waals surface area contributed by atoms with Gasteiger partial charge in [-0.2, -0.15) is 10.1 Å². The normalized spacial score (nSPS) is 18.1. The number of carboxylic acids is 1. The van der Waals surface area contributed by atoms with Crippen molar-refractivity contribution in [3.63, 3.8) is 0 Å². The second-order valence-corrected chi connectivity index (χ2v) is 8.27. The zero-order valence-corrected chi connectivity index (χ0v) is 19.0. The Labute approximate surface area is 194 Å². The zero-order chi connectivity index (χ0) is 23.2. The summed E-state index contributed by atoms with van der Waals surface area (Å²) in [5.74, 6) is 0.709. The predicted octanol–water partition coefficient (Wildman–Crippen LogP) is 4.91. The highest BCUT2D eigenvalue weighted by atomic mass is 16.5. The van der Waals surface area contributed by atoms with Gasteiger partial charge in [-0.05, 0) is 55.0 Å². The molecule has 7 heteroatoms. The lowest BCUT2D eigenvalue weighted by atomic mass is 9.88. The Morgan fingerprint density at radius 1 is 1.15 bits per heavy atom. The van der Waals surface area contributed by atoms with Crippen LogP contribution in [-0.4, -0.2) is 48.1 Å². The number of carboxylic acid groups (broad SMARTS) is 1. The van der Waals surface area contributed by atoms with Crippen molar-refractivity contribution in [1.82, 2.24) is 5.01 Å². The van der Waals surface area contributed by atoms with Crippen molar-refractivity contribution in [2.24, 2.45) is 10.1 Å². The number of hydrogen-bond donors (Lipinski definition) is 1. The first kappa shape index (κ1) is 22.6. The van der Waals surface area contributed by atoms with Gasteiger partial charge in [0.2, 0.25) is 5.90 Å². The summed E-state index contributed by atoms with van der Waals surface area (Å²) >= 11 is 0. The van der Waals surface area contributed by atoms with E-state index >= 15 is 0 Å². The number of rotatable bonds is 9. The molecule has 2 aliphatic rings. The minimum atomic E-state index is -0.765. The van der Waals surface area contributed by atoms with E-state index in [9.17, 15) is 4.79 Å². The average molecular weight is 448 g/mol. The summed E-state index contributed by atoms with van der Waals surface area (Å²) in [6.45, 7) is 2.70. The molecule has 2 aliphatic heterocycles. The van der Waals surface area contributed by atoms with Gasteiger partial charge in [0, 0.05) is 12.3 Å². The minimum absolute atomic E-state index is 0.0914. The lowest BCUT2D eigenvalue weighted by Crippen LogP contribution is -2.28. The summed E-state index contributed by atoms with van der Waals surface area (Å²) in [4.78, 5) is 15.3. The molecule has 0 aromatic heterocycles. The van der Waals surface area contributed by atoms with Crippen molar-refractivity contribution in [3.8, 4) is 5.75 Å². The molecule has 0 radical (unpaired) electrons. The molecule has 2 aromatic carbocycles. The van der Waals surface area contributed by atoms with Crippen LogP contribution in [0.25, 0.3) is 5.57 Å². The van der Waals surface area contributed by atoms with E-state index in [1.807, 2.05) is 30.1 Å². The molecule has 1 N–H and O–H groups in total. The number of carbonyl (C=O) groups is 1. The number of unbranched alkanes of at least 4 members (excludes halogenated alkanes) is 1. The monoisotopic (exact) mass is 447 g/mol. The molecule has 33 heavy (non-hydrogen) atoms. The SMILES string of the molecule is COc1ccc(C2=C3C(O[C@H](C)CCCCC(=O)O)=NC=NN3CC2c2ccccc2)cc1. The summed E-state index contributed by atoms with van der Waals surface area (Å²) in [6.07, 6.45) is 3.81. The lowest BCUT2D eigenvalue weighted by Gasteiger charge is -2.24. The van der Waals surface area contributed by atoms with E-state index in [0.29, 0.717) is 18.9 Å². The Hall–Kier alpha value is -3.61. The Morgan fingerprint density at radius 2 is 1.91 bits per heavy atom. The molecule has 2 aromatic rings. The van der Waals surface area contributed by atoms with Gasteiger partial charge in [-0.3, -0.25) is 9.80 Å². The molecule has 2 heterocycles. The van der Waals surface area contributed by atoms with Crippen LogP contribution >= 0.6 is 0 Å². The quantitative estimate of drug-likeness (QED) is 0.552. The van der Waals surface area contributed by atoms with Crippen LogP contribution in [0.1, 0.15) is 49.7 Å². The van der Waals surface area contributed by atoms with E-state index < -0.39 is 5.97 Å². The summed E-state index contributed by atoms with van der Waals surface area (Å²) in [5, 5.41) is 15.3. The average Bonchev–Trinajstić information content (AvgIpc) is 3.23. The lowest BCUT2D eigenvalue weighted by molar-refractivity contribution is -0.137. The predicted molar refractivity (Wildman–Crippen MR) is 128 cm³/mol. The van der Waals surface area contributed by atoms with E-state index in [2.05, 4.69) is 46.5 Å². The van der Waals surface area contributed by atoms with E-state index in [1.165, 1.54) is 11.9 Å². The van der Waals surface area contributed by atoms with Crippen LogP contribution in [0.3, 0.4) is 0 Å². The van der Waals surface area contributed by atoms with Gasteiger partial charge in [-0.25, -0.2) is 0 Å². The van der Waals surface area contributed by atoms with Crippen LogP contribution in [0.2, 0.25) is 0 Å². The molecular formula is C26H29N3O4. The van der Waals surface area contributed by atoms with Crippen molar-refractivity contribution in [3.05, 3.63) is 71.4 Å². The van der Waals surface area contributed by atoms with Crippen LogP contribution in [0.5, 0.6) is 5.75 Å². The molecule has 2 atom stereocenters. The van der Waals surface area contributed by atoms with E-state index in [0.717, 1.165) is 35.4 Å². The van der Waals surface area contributed by atoms with Crippen molar-refractivity contribution in [2.45, 2.75) is 44.6 Å². The molecule has 7 nitrogen and oxygen atoms in total. The summed E-state index contributed by atoms with van der Waals surface area (Å²) in [7, 11) is 1.66. The summed E-state index contributed by atoms with van der Waals surface area (Å²) < 4.78 is 11.6. The van der Waals surface area contributed by atoms with Crippen LogP contribution < -0.4 is 4.74 Å². The van der Waals surface area contributed by atoms with Gasteiger partial charge in [0.05, 0.1) is 19.8 Å². The first-order valence-electron chi connectivity index (χ1n) is 11.3. The maximum absolute atomic E-state index is 10.8. The minimum Gasteiger partial charge on any atom is -0.497 e. The Morgan fingerprint density at radius 3 is 2.61 bits per heavy atom.